The van der Waals surface area contributed by atoms with Gasteiger partial charge in [0.05, 0.1) is 11.8 Å². The second-order valence-corrected chi connectivity index (χ2v) is 9.14. The van der Waals surface area contributed by atoms with E-state index in [1.54, 1.807) is 0 Å². The predicted octanol–water partition coefficient (Wildman–Crippen LogP) is 0.994. The molecule has 9 heteroatoms. The number of piperazine rings is 1. The Labute approximate surface area is 209 Å². The molecule has 0 aromatic carbocycles. The number of aliphatic imine (C=N–C) groups is 1. The minimum absolute atomic E-state index is 0. The number of hydrogen-bond donors (Lipinski definition) is 2. The van der Waals surface area contributed by atoms with Crippen LogP contribution in [0.15, 0.2) is 17.1 Å². The summed E-state index contributed by atoms with van der Waals surface area (Å²) in [6.45, 7) is 13.7. The summed E-state index contributed by atoms with van der Waals surface area (Å²) in [5.41, 5.74) is 0. The quantitative estimate of drug-likeness (QED) is 0.110. The Bertz CT molecular complexity index is 691. The third-order valence-corrected chi connectivity index (χ3v) is 7.35. The van der Waals surface area contributed by atoms with Crippen LogP contribution in [-0.4, -0.2) is 97.9 Å². The number of likely N-dealkylation sites (tertiary alicyclic amines) is 1. The van der Waals surface area contributed by atoms with Crippen LogP contribution in [0.1, 0.15) is 26.7 Å². The Morgan fingerprint density at radius 3 is 2.19 bits per heavy atom. The molecule has 4 atom stereocenters. The highest BCUT2D eigenvalue weighted by Gasteiger charge is 2.58. The second-order valence-electron chi connectivity index (χ2n) is 9.14. The molecule has 0 spiro atoms. The van der Waals surface area contributed by atoms with E-state index in [4.69, 9.17) is 0 Å². The van der Waals surface area contributed by atoms with Gasteiger partial charge in [-0.2, -0.15) is 0 Å². The number of likely N-dealkylation sites (N-methyl/N-ethyl adjacent to an activating group) is 1. The summed E-state index contributed by atoms with van der Waals surface area (Å²) in [4.78, 5) is 36.6. The van der Waals surface area contributed by atoms with Gasteiger partial charge in [-0.25, -0.2) is 0 Å². The van der Waals surface area contributed by atoms with Crippen LogP contribution in [0.2, 0.25) is 0 Å². The molecule has 2 amide bonds. The van der Waals surface area contributed by atoms with E-state index >= 15 is 0 Å². The molecule has 32 heavy (non-hydrogen) atoms. The lowest BCUT2D eigenvalue weighted by Crippen LogP contribution is -2.49. The van der Waals surface area contributed by atoms with Crippen molar-refractivity contribution in [3.8, 4) is 0 Å². The topological polar surface area (TPSA) is 80.3 Å². The highest BCUT2D eigenvalue weighted by molar-refractivity contribution is 14.0. The number of imide groups is 1. The van der Waals surface area contributed by atoms with E-state index in [0.29, 0.717) is 19.5 Å². The van der Waals surface area contributed by atoms with Crippen molar-refractivity contribution < 1.29 is 9.59 Å². The SMILES string of the molecule is CCNC(=NCCCN1C(=O)C2C3C=CC(C3)C2C1=O)NCCN1CCN(CC)CC1.I. The average Bonchev–Trinajstić information content (AvgIpc) is 3.46. The third-order valence-electron chi connectivity index (χ3n) is 7.35. The van der Waals surface area contributed by atoms with Gasteiger partial charge in [0, 0.05) is 58.9 Å². The monoisotopic (exact) mass is 558 g/mol. The summed E-state index contributed by atoms with van der Waals surface area (Å²) in [7, 11) is 0. The van der Waals surface area contributed by atoms with Crippen LogP contribution in [0.4, 0.5) is 0 Å². The molecule has 8 nitrogen and oxygen atoms in total. The minimum Gasteiger partial charge on any atom is -0.357 e. The van der Waals surface area contributed by atoms with Crippen molar-refractivity contribution in [2.45, 2.75) is 26.7 Å². The number of rotatable bonds is 9. The maximum atomic E-state index is 12.8. The van der Waals surface area contributed by atoms with Gasteiger partial charge in [-0.3, -0.25) is 24.4 Å². The average molecular weight is 559 g/mol. The van der Waals surface area contributed by atoms with E-state index in [9.17, 15) is 9.59 Å². The van der Waals surface area contributed by atoms with Crippen LogP contribution in [-0.2, 0) is 9.59 Å². The van der Waals surface area contributed by atoms with Gasteiger partial charge in [0.15, 0.2) is 5.96 Å². The van der Waals surface area contributed by atoms with Gasteiger partial charge in [0.2, 0.25) is 11.8 Å². The fraction of sp³-hybridized carbons (Fsp3) is 0.783. The lowest BCUT2D eigenvalue weighted by atomic mass is 9.85. The number of fused-ring (bicyclic) bond motifs is 5. The Balaban J connectivity index is 0.00000289. The smallest absolute Gasteiger partial charge is 0.233 e. The summed E-state index contributed by atoms with van der Waals surface area (Å²) in [6.07, 6.45) is 5.97. The molecular formula is C23H39IN6O2. The van der Waals surface area contributed by atoms with Crippen molar-refractivity contribution >= 4 is 41.8 Å². The van der Waals surface area contributed by atoms with Gasteiger partial charge in [-0.15, -0.1) is 24.0 Å². The molecule has 180 valence electrons. The Morgan fingerprint density at radius 1 is 0.969 bits per heavy atom. The summed E-state index contributed by atoms with van der Waals surface area (Å²) in [5, 5.41) is 6.71. The number of guanidine groups is 1. The van der Waals surface area contributed by atoms with Crippen LogP contribution < -0.4 is 10.6 Å². The van der Waals surface area contributed by atoms with Gasteiger partial charge in [0.25, 0.3) is 0 Å². The molecular weight excluding hydrogens is 519 g/mol. The fourth-order valence-electron chi connectivity index (χ4n) is 5.61. The van der Waals surface area contributed by atoms with Crippen molar-refractivity contribution in [2.24, 2.45) is 28.7 Å². The maximum Gasteiger partial charge on any atom is 0.233 e. The standard InChI is InChI=1S/C23H38N6O2.HI/c1-3-24-23(26-9-11-28-14-12-27(4-2)13-15-28)25-8-5-10-29-21(30)19-17-6-7-18(16-17)20(19)22(29)31;/h6-7,17-20H,3-5,8-16H2,1-2H3,(H2,24,25,26);1H. The van der Waals surface area contributed by atoms with Gasteiger partial charge >= 0.3 is 0 Å². The predicted molar refractivity (Wildman–Crippen MR) is 137 cm³/mol. The summed E-state index contributed by atoms with van der Waals surface area (Å²) in [5.74, 6) is 1.28. The molecule has 2 saturated heterocycles. The minimum atomic E-state index is -0.0934. The number of allylic oxidation sites excluding steroid dienone is 2. The molecule has 4 aliphatic rings. The molecule has 2 bridgehead atoms. The van der Waals surface area contributed by atoms with E-state index in [2.05, 4.69) is 51.4 Å². The molecule has 2 N–H and O–H groups in total. The van der Waals surface area contributed by atoms with E-state index in [-0.39, 0.29) is 59.5 Å². The van der Waals surface area contributed by atoms with Crippen molar-refractivity contribution in [1.82, 2.24) is 25.3 Å². The third kappa shape index (κ3) is 5.47. The van der Waals surface area contributed by atoms with Crippen LogP contribution >= 0.6 is 24.0 Å². The van der Waals surface area contributed by atoms with Crippen LogP contribution in [0.3, 0.4) is 0 Å². The zero-order valence-corrected chi connectivity index (χ0v) is 21.8. The second kappa shape index (κ2) is 11.8. The van der Waals surface area contributed by atoms with Crippen molar-refractivity contribution in [2.75, 3.05) is 65.4 Å². The molecule has 2 aliphatic heterocycles. The first-order valence-corrected chi connectivity index (χ1v) is 12.1. The molecule has 4 unspecified atom stereocenters. The number of halogens is 1. The van der Waals surface area contributed by atoms with Crippen LogP contribution in [0.5, 0.6) is 0 Å². The summed E-state index contributed by atoms with van der Waals surface area (Å²) in [6, 6.07) is 0. The van der Waals surface area contributed by atoms with Gasteiger partial charge in [0.1, 0.15) is 0 Å². The van der Waals surface area contributed by atoms with Gasteiger partial charge < -0.3 is 15.5 Å². The number of nitrogens with zero attached hydrogens (tertiary/aromatic N) is 4. The number of hydrogen-bond acceptors (Lipinski definition) is 5. The lowest BCUT2D eigenvalue weighted by Gasteiger charge is -2.34. The first-order chi connectivity index (χ1) is 15.1. The van der Waals surface area contributed by atoms with E-state index in [1.165, 1.54) is 4.90 Å². The van der Waals surface area contributed by atoms with E-state index in [1.807, 2.05) is 0 Å². The molecule has 2 heterocycles. The zero-order valence-electron chi connectivity index (χ0n) is 19.5. The number of nitrogens with one attached hydrogen (secondary N) is 2. The Kier molecular flexibility index (Phi) is 9.36. The molecule has 3 fully saturated rings. The molecule has 2 aliphatic carbocycles. The largest absolute Gasteiger partial charge is 0.357 e. The van der Waals surface area contributed by atoms with E-state index < -0.39 is 0 Å². The molecule has 1 saturated carbocycles. The van der Waals surface area contributed by atoms with Gasteiger partial charge in [-0.1, -0.05) is 19.1 Å². The highest BCUT2D eigenvalue weighted by Crippen LogP contribution is 2.52. The maximum absolute atomic E-state index is 12.8. The summed E-state index contributed by atoms with van der Waals surface area (Å²) >= 11 is 0. The summed E-state index contributed by atoms with van der Waals surface area (Å²) < 4.78 is 0. The van der Waals surface area contributed by atoms with Crippen LogP contribution in [0, 0.1) is 23.7 Å². The molecule has 4 rings (SSSR count). The Morgan fingerprint density at radius 2 is 1.59 bits per heavy atom. The normalized spacial score (nSPS) is 30.1. The molecule has 0 aromatic heterocycles. The number of carbonyl (C=O) groups is 2. The molecule has 0 aromatic rings. The van der Waals surface area contributed by atoms with Crippen molar-refractivity contribution in [3.05, 3.63) is 12.2 Å². The Hall–Kier alpha value is -1.20. The first kappa shape index (κ1) is 25.4. The first-order valence-electron chi connectivity index (χ1n) is 12.1. The lowest BCUT2D eigenvalue weighted by molar-refractivity contribution is -0.140. The zero-order chi connectivity index (χ0) is 21.8. The highest BCUT2D eigenvalue weighted by atomic mass is 127. The van der Waals surface area contributed by atoms with Gasteiger partial charge in [-0.05, 0) is 38.1 Å². The molecule has 0 radical (unpaired) electrons. The van der Waals surface area contributed by atoms with Crippen molar-refractivity contribution in [1.29, 1.82) is 0 Å². The van der Waals surface area contributed by atoms with E-state index in [0.717, 1.165) is 64.7 Å². The number of carbonyl (C=O) groups excluding carboxylic acids is 2. The van der Waals surface area contributed by atoms with Crippen LogP contribution in [0.25, 0.3) is 0 Å². The van der Waals surface area contributed by atoms with Crippen molar-refractivity contribution in [3.63, 3.8) is 0 Å². The number of amides is 2. The fourth-order valence-corrected chi connectivity index (χ4v) is 5.61.